The van der Waals surface area contributed by atoms with Crippen molar-refractivity contribution in [1.82, 2.24) is 5.32 Å². The fourth-order valence-electron chi connectivity index (χ4n) is 3.10. The van der Waals surface area contributed by atoms with Gasteiger partial charge in [0.1, 0.15) is 17.5 Å². The Morgan fingerprint density at radius 2 is 1.83 bits per heavy atom. The maximum atomic E-state index is 12.6. The van der Waals surface area contributed by atoms with Gasteiger partial charge in [-0.1, -0.05) is 24.3 Å². The van der Waals surface area contributed by atoms with Gasteiger partial charge < -0.3 is 14.8 Å². The highest BCUT2D eigenvalue weighted by molar-refractivity contribution is 7.92. The maximum absolute atomic E-state index is 12.6. The molecule has 0 radical (unpaired) electrons. The zero-order chi connectivity index (χ0) is 21.4. The van der Waals surface area contributed by atoms with E-state index in [1.165, 1.54) is 7.11 Å². The smallest absolute Gasteiger partial charge is 0.243 e. The van der Waals surface area contributed by atoms with E-state index in [0.717, 1.165) is 28.3 Å². The van der Waals surface area contributed by atoms with E-state index in [1.54, 1.807) is 38.3 Å². The fraction of sp³-hybridized carbons (Fsp3) is 0.381. The second-order valence-corrected chi connectivity index (χ2v) is 8.50. The van der Waals surface area contributed by atoms with Crippen LogP contribution in [-0.2, 0) is 21.2 Å². The SMILES string of the molecule is COc1cccc(N([C@@H](C)C(=O)NCCCc2ccccc2OC)S(C)(=O)=O)c1. The Kier molecular flexibility index (Phi) is 7.90. The number of nitrogens with one attached hydrogen (secondary N) is 1. The lowest BCUT2D eigenvalue weighted by molar-refractivity contribution is -0.121. The lowest BCUT2D eigenvalue weighted by Gasteiger charge is -2.28. The number of para-hydroxylation sites is 1. The number of nitrogens with zero attached hydrogens (tertiary/aromatic N) is 1. The molecule has 0 aliphatic heterocycles. The second-order valence-electron chi connectivity index (χ2n) is 6.64. The number of aryl methyl sites for hydroxylation is 1. The molecule has 0 fully saturated rings. The van der Waals surface area contributed by atoms with Crippen molar-refractivity contribution in [2.24, 2.45) is 0 Å². The van der Waals surface area contributed by atoms with E-state index in [0.29, 0.717) is 24.4 Å². The molecular weight excluding hydrogens is 392 g/mol. The van der Waals surface area contributed by atoms with Gasteiger partial charge in [-0.15, -0.1) is 0 Å². The van der Waals surface area contributed by atoms with Crippen LogP contribution in [0.25, 0.3) is 0 Å². The quantitative estimate of drug-likeness (QED) is 0.597. The minimum atomic E-state index is -3.67. The monoisotopic (exact) mass is 420 g/mol. The van der Waals surface area contributed by atoms with Crippen LogP contribution >= 0.6 is 0 Å². The van der Waals surface area contributed by atoms with Crippen molar-refractivity contribution in [3.63, 3.8) is 0 Å². The second kappa shape index (κ2) is 10.2. The molecule has 0 bridgehead atoms. The molecule has 1 amide bonds. The third kappa shape index (κ3) is 6.12. The van der Waals surface area contributed by atoms with Crippen LogP contribution in [-0.4, -0.2) is 47.4 Å². The number of carbonyl (C=O) groups excluding carboxylic acids is 1. The number of hydrogen-bond donors (Lipinski definition) is 1. The molecule has 2 rings (SSSR count). The van der Waals surface area contributed by atoms with Crippen molar-refractivity contribution in [3.05, 3.63) is 54.1 Å². The molecule has 0 aromatic heterocycles. The van der Waals surface area contributed by atoms with Crippen molar-refractivity contribution >= 4 is 21.6 Å². The average Bonchev–Trinajstić information content (AvgIpc) is 2.70. The van der Waals surface area contributed by atoms with Crippen LogP contribution in [0.1, 0.15) is 18.9 Å². The van der Waals surface area contributed by atoms with Gasteiger partial charge in [-0.2, -0.15) is 0 Å². The average molecular weight is 421 g/mol. The number of sulfonamides is 1. The third-order valence-corrected chi connectivity index (χ3v) is 5.75. The van der Waals surface area contributed by atoms with Gasteiger partial charge in [0.2, 0.25) is 15.9 Å². The third-order valence-electron chi connectivity index (χ3n) is 4.51. The van der Waals surface area contributed by atoms with Gasteiger partial charge in [-0.3, -0.25) is 9.10 Å². The largest absolute Gasteiger partial charge is 0.497 e. The van der Waals surface area contributed by atoms with Crippen LogP contribution in [0.3, 0.4) is 0 Å². The number of methoxy groups -OCH3 is 2. The zero-order valence-electron chi connectivity index (χ0n) is 17.2. The van der Waals surface area contributed by atoms with Crippen molar-refractivity contribution in [1.29, 1.82) is 0 Å². The maximum Gasteiger partial charge on any atom is 0.243 e. The summed E-state index contributed by atoms with van der Waals surface area (Å²) >= 11 is 0. The van der Waals surface area contributed by atoms with E-state index >= 15 is 0 Å². The first-order chi connectivity index (χ1) is 13.8. The van der Waals surface area contributed by atoms with Crippen LogP contribution in [0.4, 0.5) is 5.69 Å². The molecule has 158 valence electrons. The molecular formula is C21H28N2O5S. The molecule has 0 heterocycles. The van der Waals surface area contributed by atoms with E-state index in [-0.39, 0.29) is 5.91 Å². The Bertz CT molecular complexity index is 930. The Hall–Kier alpha value is -2.74. The van der Waals surface area contributed by atoms with Crippen molar-refractivity contribution < 1.29 is 22.7 Å². The number of hydrogen-bond acceptors (Lipinski definition) is 5. The minimum Gasteiger partial charge on any atom is -0.497 e. The topological polar surface area (TPSA) is 84.9 Å². The number of amides is 1. The first kappa shape index (κ1) is 22.5. The molecule has 29 heavy (non-hydrogen) atoms. The van der Waals surface area contributed by atoms with Gasteiger partial charge >= 0.3 is 0 Å². The highest BCUT2D eigenvalue weighted by Gasteiger charge is 2.29. The molecule has 0 saturated carbocycles. The van der Waals surface area contributed by atoms with Crippen LogP contribution in [0.15, 0.2) is 48.5 Å². The lowest BCUT2D eigenvalue weighted by atomic mass is 10.1. The summed E-state index contributed by atoms with van der Waals surface area (Å²) in [6.07, 6.45) is 2.53. The molecule has 7 nitrogen and oxygen atoms in total. The predicted octanol–water partition coefficient (Wildman–Crippen LogP) is 2.61. The molecule has 2 aromatic rings. The van der Waals surface area contributed by atoms with Gasteiger partial charge in [-0.25, -0.2) is 8.42 Å². The molecule has 0 spiro atoms. The first-order valence-corrected chi connectivity index (χ1v) is 11.2. The van der Waals surface area contributed by atoms with E-state index < -0.39 is 16.1 Å². The molecule has 2 aromatic carbocycles. The van der Waals surface area contributed by atoms with Gasteiger partial charge in [0, 0.05) is 12.6 Å². The Balaban J connectivity index is 2.02. The summed E-state index contributed by atoms with van der Waals surface area (Å²) in [5.41, 5.74) is 1.44. The summed E-state index contributed by atoms with van der Waals surface area (Å²) in [4.78, 5) is 12.6. The number of rotatable bonds is 10. The standard InChI is InChI=1S/C21H28N2O5S/c1-16(23(29(4,25)26)18-11-7-12-19(15-18)27-2)21(24)22-14-8-10-17-9-5-6-13-20(17)28-3/h5-7,9,11-13,15-16H,8,10,14H2,1-4H3,(H,22,24)/t16-/m0/s1. The molecule has 0 unspecified atom stereocenters. The summed E-state index contributed by atoms with van der Waals surface area (Å²) < 4.78 is 36.3. The van der Waals surface area contributed by atoms with Crippen LogP contribution < -0.4 is 19.1 Å². The number of benzene rings is 2. The van der Waals surface area contributed by atoms with Gasteiger partial charge in [-0.05, 0) is 43.5 Å². The molecule has 0 aliphatic carbocycles. The minimum absolute atomic E-state index is 0.363. The highest BCUT2D eigenvalue weighted by Crippen LogP contribution is 2.25. The van der Waals surface area contributed by atoms with Crippen molar-refractivity contribution in [2.75, 3.05) is 31.3 Å². The normalized spacial score (nSPS) is 12.1. The van der Waals surface area contributed by atoms with Gasteiger partial charge in [0.05, 0.1) is 26.2 Å². The molecule has 1 atom stereocenters. The number of ether oxygens (including phenoxy) is 2. The molecule has 8 heteroatoms. The van der Waals surface area contributed by atoms with E-state index in [2.05, 4.69) is 5.32 Å². The van der Waals surface area contributed by atoms with Crippen LogP contribution in [0.2, 0.25) is 0 Å². The lowest BCUT2D eigenvalue weighted by Crippen LogP contribution is -2.48. The first-order valence-electron chi connectivity index (χ1n) is 9.31. The molecule has 0 aliphatic rings. The Labute approximate surface area is 172 Å². The summed E-state index contributed by atoms with van der Waals surface area (Å²) in [5.74, 6) is 0.965. The molecule has 1 N–H and O–H groups in total. The van der Waals surface area contributed by atoms with Crippen LogP contribution in [0.5, 0.6) is 11.5 Å². The van der Waals surface area contributed by atoms with E-state index in [4.69, 9.17) is 9.47 Å². The summed E-state index contributed by atoms with van der Waals surface area (Å²) in [6.45, 7) is 1.99. The zero-order valence-corrected chi connectivity index (χ0v) is 18.0. The van der Waals surface area contributed by atoms with E-state index in [1.807, 2.05) is 24.3 Å². The predicted molar refractivity (Wildman–Crippen MR) is 114 cm³/mol. The summed E-state index contributed by atoms with van der Waals surface area (Å²) in [5, 5.41) is 2.82. The van der Waals surface area contributed by atoms with Gasteiger partial charge in [0.25, 0.3) is 0 Å². The summed E-state index contributed by atoms with van der Waals surface area (Å²) in [7, 11) is -0.542. The Morgan fingerprint density at radius 1 is 1.10 bits per heavy atom. The van der Waals surface area contributed by atoms with Crippen LogP contribution in [0, 0.1) is 0 Å². The molecule has 0 saturated heterocycles. The number of carbonyl (C=O) groups is 1. The number of anilines is 1. The Morgan fingerprint density at radius 3 is 2.48 bits per heavy atom. The van der Waals surface area contributed by atoms with E-state index in [9.17, 15) is 13.2 Å². The summed E-state index contributed by atoms with van der Waals surface area (Å²) in [6, 6.07) is 13.5. The van der Waals surface area contributed by atoms with Gasteiger partial charge in [0.15, 0.2) is 0 Å². The highest BCUT2D eigenvalue weighted by atomic mass is 32.2. The van der Waals surface area contributed by atoms with Crippen molar-refractivity contribution in [3.8, 4) is 11.5 Å². The van der Waals surface area contributed by atoms with Crippen molar-refractivity contribution in [2.45, 2.75) is 25.8 Å². The fourth-order valence-corrected chi connectivity index (χ4v) is 4.27.